The van der Waals surface area contributed by atoms with Crippen LogP contribution in [-0.2, 0) is 4.74 Å². The van der Waals surface area contributed by atoms with Gasteiger partial charge < -0.3 is 15.2 Å². The Morgan fingerprint density at radius 3 is 2.71 bits per heavy atom. The molecule has 0 spiro atoms. The maximum Gasteiger partial charge on any atom is 0.125 e. The van der Waals surface area contributed by atoms with Crippen LogP contribution in [0.4, 0.5) is 0 Å². The minimum Gasteiger partial charge on any atom is -0.496 e. The second-order valence-corrected chi connectivity index (χ2v) is 3.38. The molecule has 0 amide bonds. The first kappa shape index (κ1) is 11.3. The highest BCUT2D eigenvalue weighted by Gasteiger charge is 2.11. The Hall–Kier alpha value is -0.770. The molecule has 1 aromatic rings. The number of halogens is 1. The number of methoxy groups -OCH3 is 2. The average Bonchev–Trinajstić information content (AvgIpc) is 2.17. The summed E-state index contributed by atoms with van der Waals surface area (Å²) in [4.78, 5) is 0. The molecule has 14 heavy (non-hydrogen) atoms. The van der Waals surface area contributed by atoms with Gasteiger partial charge in [0.15, 0.2) is 0 Å². The lowest BCUT2D eigenvalue weighted by molar-refractivity contribution is 0.179. The second kappa shape index (κ2) is 5.20. The van der Waals surface area contributed by atoms with Crippen molar-refractivity contribution in [2.75, 3.05) is 20.8 Å². The lowest BCUT2D eigenvalue weighted by Gasteiger charge is -2.14. The molecule has 0 saturated heterocycles. The largest absolute Gasteiger partial charge is 0.496 e. The standard InChI is InChI=1S/C10H14ClNO2/c1-13-6-9(12)8-4-3-7(11)5-10(8)14-2/h3-5,9H,6,12H2,1-2H3/t9-/m1/s1. The summed E-state index contributed by atoms with van der Waals surface area (Å²) in [5.74, 6) is 0.696. The van der Waals surface area contributed by atoms with E-state index in [4.69, 9.17) is 26.8 Å². The van der Waals surface area contributed by atoms with Crippen LogP contribution in [0.1, 0.15) is 11.6 Å². The summed E-state index contributed by atoms with van der Waals surface area (Å²) in [5, 5.41) is 0.634. The van der Waals surface area contributed by atoms with E-state index in [0.29, 0.717) is 17.4 Å². The first-order chi connectivity index (χ1) is 6.69. The summed E-state index contributed by atoms with van der Waals surface area (Å²) in [6, 6.07) is 5.19. The summed E-state index contributed by atoms with van der Waals surface area (Å²) in [5.41, 5.74) is 6.79. The third-order valence-corrected chi connectivity index (χ3v) is 2.18. The van der Waals surface area contributed by atoms with Crippen LogP contribution >= 0.6 is 11.6 Å². The lowest BCUT2D eigenvalue weighted by Crippen LogP contribution is -2.16. The number of nitrogens with two attached hydrogens (primary N) is 1. The quantitative estimate of drug-likeness (QED) is 0.836. The van der Waals surface area contributed by atoms with Crippen LogP contribution in [0.25, 0.3) is 0 Å². The van der Waals surface area contributed by atoms with Crippen molar-refractivity contribution in [1.29, 1.82) is 0 Å². The molecule has 0 fully saturated rings. The van der Waals surface area contributed by atoms with Gasteiger partial charge in [-0.05, 0) is 12.1 Å². The fraction of sp³-hybridized carbons (Fsp3) is 0.400. The number of benzene rings is 1. The molecule has 0 radical (unpaired) electrons. The van der Waals surface area contributed by atoms with Gasteiger partial charge in [-0.3, -0.25) is 0 Å². The van der Waals surface area contributed by atoms with E-state index in [-0.39, 0.29) is 6.04 Å². The van der Waals surface area contributed by atoms with Crippen molar-refractivity contribution in [2.24, 2.45) is 5.73 Å². The second-order valence-electron chi connectivity index (χ2n) is 2.95. The maximum atomic E-state index is 5.88. The first-order valence-corrected chi connectivity index (χ1v) is 4.64. The van der Waals surface area contributed by atoms with E-state index in [2.05, 4.69) is 0 Å². The summed E-state index contributed by atoms with van der Waals surface area (Å²) < 4.78 is 10.1. The van der Waals surface area contributed by atoms with E-state index >= 15 is 0 Å². The molecule has 3 nitrogen and oxygen atoms in total. The summed E-state index contributed by atoms with van der Waals surface area (Å²) in [7, 11) is 3.21. The van der Waals surface area contributed by atoms with Crippen LogP contribution in [0.2, 0.25) is 5.02 Å². The van der Waals surface area contributed by atoms with Crippen LogP contribution in [0, 0.1) is 0 Å². The molecule has 0 aromatic heterocycles. The van der Waals surface area contributed by atoms with Gasteiger partial charge in [0.1, 0.15) is 5.75 Å². The zero-order valence-corrected chi connectivity index (χ0v) is 9.04. The van der Waals surface area contributed by atoms with Gasteiger partial charge in [-0.15, -0.1) is 0 Å². The Bertz CT molecular complexity index is 304. The molecule has 0 aliphatic rings. The van der Waals surface area contributed by atoms with Crippen molar-refractivity contribution >= 4 is 11.6 Å². The molecule has 0 heterocycles. The molecule has 1 aromatic carbocycles. The molecule has 1 atom stereocenters. The summed E-state index contributed by atoms with van der Waals surface area (Å²) in [6.07, 6.45) is 0. The van der Waals surface area contributed by atoms with Gasteiger partial charge in [-0.2, -0.15) is 0 Å². The summed E-state index contributed by atoms with van der Waals surface area (Å²) in [6.45, 7) is 0.456. The fourth-order valence-electron chi connectivity index (χ4n) is 1.26. The third-order valence-electron chi connectivity index (χ3n) is 1.94. The Morgan fingerprint density at radius 1 is 1.43 bits per heavy atom. The van der Waals surface area contributed by atoms with E-state index in [9.17, 15) is 0 Å². The molecule has 0 aliphatic heterocycles. The van der Waals surface area contributed by atoms with Crippen LogP contribution in [-0.4, -0.2) is 20.8 Å². The fourth-order valence-corrected chi connectivity index (χ4v) is 1.42. The Morgan fingerprint density at radius 2 is 2.14 bits per heavy atom. The van der Waals surface area contributed by atoms with E-state index in [1.165, 1.54) is 0 Å². The number of rotatable bonds is 4. The number of hydrogen-bond acceptors (Lipinski definition) is 3. The van der Waals surface area contributed by atoms with Crippen LogP contribution < -0.4 is 10.5 Å². The van der Waals surface area contributed by atoms with Crippen molar-refractivity contribution in [3.63, 3.8) is 0 Å². The molecule has 1 rings (SSSR count). The molecule has 0 unspecified atom stereocenters. The van der Waals surface area contributed by atoms with Gasteiger partial charge in [-0.1, -0.05) is 17.7 Å². The molecule has 0 bridgehead atoms. The lowest BCUT2D eigenvalue weighted by atomic mass is 10.1. The minimum atomic E-state index is -0.188. The zero-order valence-electron chi connectivity index (χ0n) is 8.29. The topological polar surface area (TPSA) is 44.5 Å². The normalized spacial score (nSPS) is 12.6. The predicted octanol–water partition coefficient (Wildman–Crippen LogP) is 1.99. The number of hydrogen-bond donors (Lipinski definition) is 1. The van der Waals surface area contributed by atoms with Crippen molar-refractivity contribution in [3.05, 3.63) is 28.8 Å². The minimum absolute atomic E-state index is 0.188. The van der Waals surface area contributed by atoms with Gasteiger partial charge in [-0.25, -0.2) is 0 Å². The van der Waals surface area contributed by atoms with Gasteiger partial charge in [0.25, 0.3) is 0 Å². The Kier molecular flexibility index (Phi) is 4.20. The monoisotopic (exact) mass is 215 g/mol. The SMILES string of the molecule is COC[C@@H](N)c1ccc(Cl)cc1OC. The Balaban J connectivity index is 2.95. The molecule has 4 heteroatoms. The predicted molar refractivity (Wildman–Crippen MR) is 56.8 cm³/mol. The highest BCUT2D eigenvalue weighted by molar-refractivity contribution is 6.30. The van der Waals surface area contributed by atoms with Crippen LogP contribution in [0.3, 0.4) is 0 Å². The van der Waals surface area contributed by atoms with E-state index < -0.39 is 0 Å². The highest BCUT2D eigenvalue weighted by Crippen LogP contribution is 2.27. The van der Waals surface area contributed by atoms with Gasteiger partial charge >= 0.3 is 0 Å². The molecular formula is C10H14ClNO2. The molecule has 0 aliphatic carbocycles. The molecular weight excluding hydrogens is 202 g/mol. The Labute approximate surface area is 88.8 Å². The van der Waals surface area contributed by atoms with Crippen molar-refractivity contribution < 1.29 is 9.47 Å². The smallest absolute Gasteiger partial charge is 0.125 e. The number of ether oxygens (including phenoxy) is 2. The maximum absolute atomic E-state index is 5.88. The molecule has 0 saturated carbocycles. The highest BCUT2D eigenvalue weighted by atomic mass is 35.5. The van der Waals surface area contributed by atoms with Crippen LogP contribution in [0.15, 0.2) is 18.2 Å². The third kappa shape index (κ3) is 2.61. The van der Waals surface area contributed by atoms with Gasteiger partial charge in [0.05, 0.1) is 19.8 Å². The average molecular weight is 216 g/mol. The first-order valence-electron chi connectivity index (χ1n) is 4.27. The van der Waals surface area contributed by atoms with Crippen molar-refractivity contribution in [1.82, 2.24) is 0 Å². The zero-order chi connectivity index (χ0) is 10.6. The van der Waals surface area contributed by atoms with E-state index in [1.807, 2.05) is 6.07 Å². The van der Waals surface area contributed by atoms with Crippen LogP contribution in [0.5, 0.6) is 5.75 Å². The van der Waals surface area contributed by atoms with Crippen molar-refractivity contribution in [3.8, 4) is 5.75 Å². The summed E-state index contributed by atoms with van der Waals surface area (Å²) >= 11 is 5.83. The van der Waals surface area contributed by atoms with E-state index in [0.717, 1.165) is 5.56 Å². The molecule has 2 N–H and O–H groups in total. The van der Waals surface area contributed by atoms with Crippen molar-refractivity contribution in [2.45, 2.75) is 6.04 Å². The van der Waals surface area contributed by atoms with E-state index in [1.54, 1.807) is 26.4 Å². The molecule has 78 valence electrons. The van der Waals surface area contributed by atoms with Gasteiger partial charge in [0, 0.05) is 17.7 Å². The van der Waals surface area contributed by atoms with Gasteiger partial charge in [0.2, 0.25) is 0 Å².